The molecule has 8 nitrogen and oxygen atoms in total. The third kappa shape index (κ3) is 3.33. The lowest BCUT2D eigenvalue weighted by molar-refractivity contribution is -0.136. The molecule has 0 bridgehead atoms. The number of hydrogen-bond acceptors (Lipinski definition) is 6. The molecule has 3 fully saturated rings. The van der Waals surface area contributed by atoms with Gasteiger partial charge in [-0.05, 0) is 49.5 Å². The van der Waals surface area contributed by atoms with Crippen molar-refractivity contribution in [3.8, 4) is 0 Å². The van der Waals surface area contributed by atoms with Gasteiger partial charge in [0.1, 0.15) is 6.04 Å². The van der Waals surface area contributed by atoms with Gasteiger partial charge in [0.15, 0.2) is 0 Å². The molecule has 5 rings (SSSR count). The molecule has 3 saturated heterocycles. The minimum Gasteiger partial charge on any atom is -0.378 e. The summed E-state index contributed by atoms with van der Waals surface area (Å²) in [6.07, 6.45) is 2.78. The number of benzene rings is 1. The number of nitrogens with zero attached hydrogens (tertiary/aromatic N) is 2. The van der Waals surface area contributed by atoms with Crippen LogP contribution in [0.5, 0.6) is 0 Å². The number of piperidine rings is 2. The Balaban J connectivity index is 1.39. The van der Waals surface area contributed by atoms with Crippen LogP contribution in [0.3, 0.4) is 0 Å². The van der Waals surface area contributed by atoms with Crippen molar-refractivity contribution in [3.63, 3.8) is 0 Å². The highest BCUT2D eigenvalue weighted by atomic mass is 16.5. The van der Waals surface area contributed by atoms with E-state index in [1.54, 1.807) is 4.90 Å². The van der Waals surface area contributed by atoms with Crippen molar-refractivity contribution < 1.29 is 19.1 Å². The van der Waals surface area contributed by atoms with Gasteiger partial charge in [-0.25, -0.2) is 0 Å². The first-order chi connectivity index (χ1) is 14.6. The Hall–Kier alpha value is -2.29. The normalized spacial score (nSPS) is 26.7. The molecule has 0 radical (unpaired) electrons. The number of nitrogens with one attached hydrogen (secondary N) is 2. The number of fused-ring (bicyclic) bond motifs is 1. The number of amides is 3. The second kappa shape index (κ2) is 7.76. The summed E-state index contributed by atoms with van der Waals surface area (Å²) in [6, 6.07) is 5.32. The zero-order valence-electron chi connectivity index (χ0n) is 17.1. The lowest BCUT2D eigenvalue weighted by Crippen LogP contribution is -2.60. The third-order valence-electron chi connectivity index (χ3n) is 7.12. The van der Waals surface area contributed by atoms with Gasteiger partial charge in [-0.3, -0.25) is 24.6 Å². The molecular weight excluding hydrogens is 384 g/mol. The molecule has 160 valence electrons. The van der Waals surface area contributed by atoms with E-state index in [4.69, 9.17) is 4.74 Å². The van der Waals surface area contributed by atoms with Crippen LogP contribution in [-0.4, -0.2) is 72.0 Å². The van der Waals surface area contributed by atoms with Gasteiger partial charge < -0.3 is 15.0 Å². The number of morpholine rings is 1. The summed E-state index contributed by atoms with van der Waals surface area (Å²) < 4.78 is 5.85. The molecule has 2 N–H and O–H groups in total. The standard InChI is InChI=1S/C22H28N4O4/c27-19-5-4-18(20(28)24-19)26-13-17-15(2-1-3-16(17)21(26)29)12-25-10-11-30-14-22(25)6-8-23-9-7-22/h1-3,18,23H,4-14H2,(H,24,27,28). The third-order valence-corrected chi connectivity index (χ3v) is 7.12. The zero-order valence-corrected chi connectivity index (χ0v) is 17.1. The van der Waals surface area contributed by atoms with Crippen molar-refractivity contribution in [1.82, 2.24) is 20.4 Å². The van der Waals surface area contributed by atoms with Gasteiger partial charge >= 0.3 is 0 Å². The summed E-state index contributed by atoms with van der Waals surface area (Å²) in [5, 5.41) is 5.82. The number of hydrogen-bond donors (Lipinski definition) is 2. The van der Waals surface area contributed by atoms with Crippen LogP contribution in [0.2, 0.25) is 0 Å². The van der Waals surface area contributed by atoms with E-state index >= 15 is 0 Å². The van der Waals surface area contributed by atoms with E-state index in [1.807, 2.05) is 12.1 Å². The molecule has 0 aromatic heterocycles. The molecule has 0 aliphatic carbocycles. The van der Waals surface area contributed by atoms with E-state index in [0.717, 1.165) is 63.4 Å². The van der Waals surface area contributed by atoms with Crippen molar-refractivity contribution >= 4 is 17.7 Å². The number of rotatable bonds is 3. The van der Waals surface area contributed by atoms with Crippen molar-refractivity contribution in [3.05, 3.63) is 34.9 Å². The number of imide groups is 1. The van der Waals surface area contributed by atoms with E-state index < -0.39 is 6.04 Å². The molecular formula is C22H28N4O4. The Labute approximate surface area is 175 Å². The number of carbonyl (C=O) groups is 3. The first-order valence-corrected chi connectivity index (χ1v) is 10.9. The zero-order chi connectivity index (χ0) is 20.7. The van der Waals surface area contributed by atoms with E-state index in [9.17, 15) is 14.4 Å². The molecule has 4 heterocycles. The Bertz CT molecular complexity index is 872. The smallest absolute Gasteiger partial charge is 0.255 e. The van der Waals surface area contributed by atoms with Crippen LogP contribution in [0.1, 0.15) is 47.2 Å². The SMILES string of the molecule is O=C1CCC(N2Cc3c(CN4CCOCC45CCNCC5)cccc3C2=O)C(=O)N1. The molecule has 1 aromatic carbocycles. The minimum atomic E-state index is -0.574. The van der Waals surface area contributed by atoms with Gasteiger partial charge in [0.25, 0.3) is 5.91 Å². The second-order valence-electron chi connectivity index (χ2n) is 8.79. The Morgan fingerprint density at radius 2 is 2.00 bits per heavy atom. The van der Waals surface area contributed by atoms with Gasteiger partial charge in [-0.2, -0.15) is 0 Å². The van der Waals surface area contributed by atoms with Crippen LogP contribution in [0, 0.1) is 0 Å². The average molecular weight is 412 g/mol. The summed E-state index contributed by atoms with van der Waals surface area (Å²) in [5.74, 6) is -0.739. The van der Waals surface area contributed by atoms with E-state index in [0.29, 0.717) is 18.5 Å². The highest BCUT2D eigenvalue weighted by Gasteiger charge is 2.43. The van der Waals surface area contributed by atoms with Crippen LogP contribution in [0.4, 0.5) is 0 Å². The second-order valence-corrected chi connectivity index (χ2v) is 8.79. The van der Waals surface area contributed by atoms with Crippen molar-refractivity contribution in [2.45, 2.75) is 50.4 Å². The maximum atomic E-state index is 13.1. The van der Waals surface area contributed by atoms with E-state index in [1.165, 1.54) is 0 Å². The van der Waals surface area contributed by atoms with Gasteiger partial charge in [-0.1, -0.05) is 12.1 Å². The lowest BCUT2D eigenvalue weighted by atomic mass is 9.85. The lowest BCUT2D eigenvalue weighted by Gasteiger charge is -2.49. The van der Waals surface area contributed by atoms with Crippen LogP contribution in [0.15, 0.2) is 18.2 Å². The maximum absolute atomic E-state index is 13.1. The summed E-state index contributed by atoms with van der Waals surface area (Å²) in [6.45, 7) is 5.56. The first kappa shape index (κ1) is 19.7. The van der Waals surface area contributed by atoms with Gasteiger partial charge in [0.05, 0.1) is 13.2 Å². The van der Waals surface area contributed by atoms with Crippen molar-refractivity contribution in [2.75, 3.05) is 32.8 Å². The molecule has 4 aliphatic rings. The topological polar surface area (TPSA) is 91.0 Å². The van der Waals surface area contributed by atoms with Crippen LogP contribution in [-0.2, 0) is 27.4 Å². The molecule has 3 amide bonds. The molecule has 30 heavy (non-hydrogen) atoms. The molecule has 1 unspecified atom stereocenters. The molecule has 1 spiro atoms. The summed E-state index contributed by atoms with van der Waals surface area (Å²) in [4.78, 5) is 41.1. The van der Waals surface area contributed by atoms with E-state index in [-0.39, 0.29) is 29.7 Å². The van der Waals surface area contributed by atoms with Crippen molar-refractivity contribution in [2.24, 2.45) is 0 Å². The fourth-order valence-corrected chi connectivity index (χ4v) is 5.37. The van der Waals surface area contributed by atoms with Gasteiger partial charge in [0, 0.05) is 37.2 Å². The van der Waals surface area contributed by atoms with Gasteiger partial charge in [0.2, 0.25) is 11.8 Å². The van der Waals surface area contributed by atoms with Crippen LogP contribution >= 0.6 is 0 Å². The molecule has 4 aliphatic heterocycles. The number of ether oxygens (including phenoxy) is 1. The Morgan fingerprint density at radius 3 is 2.80 bits per heavy atom. The fraction of sp³-hybridized carbons (Fsp3) is 0.591. The quantitative estimate of drug-likeness (QED) is 0.699. The van der Waals surface area contributed by atoms with Crippen molar-refractivity contribution in [1.29, 1.82) is 0 Å². The monoisotopic (exact) mass is 412 g/mol. The molecule has 8 heteroatoms. The summed E-state index contributed by atoms with van der Waals surface area (Å²) in [5.41, 5.74) is 2.90. The maximum Gasteiger partial charge on any atom is 0.255 e. The van der Waals surface area contributed by atoms with Crippen LogP contribution in [0.25, 0.3) is 0 Å². The van der Waals surface area contributed by atoms with Crippen LogP contribution < -0.4 is 10.6 Å². The molecule has 1 atom stereocenters. The Kier molecular flexibility index (Phi) is 5.08. The summed E-state index contributed by atoms with van der Waals surface area (Å²) >= 11 is 0. The predicted octanol–water partition coefficient (Wildman–Crippen LogP) is 0.402. The van der Waals surface area contributed by atoms with E-state index in [2.05, 4.69) is 21.6 Å². The summed E-state index contributed by atoms with van der Waals surface area (Å²) in [7, 11) is 0. The van der Waals surface area contributed by atoms with Gasteiger partial charge in [-0.15, -0.1) is 0 Å². The Morgan fingerprint density at radius 1 is 1.17 bits per heavy atom. The predicted molar refractivity (Wildman–Crippen MR) is 109 cm³/mol. The molecule has 1 aromatic rings. The highest BCUT2D eigenvalue weighted by Crippen LogP contribution is 2.34. The number of carbonyl (C=O) groups excluding carboxylic acids is 3. The highest BCUT2D eigenvalue weighted by molar-refractivity contribution is 6.05. The first-order valence-electron chi connectivity index (χ1n) is 10.9. The minimum absolute atomic E-state index is 0.0537. The fourth-order valence-electron chi connectivity index (χ4n) is 5.37. The largest absolute Gasteiger partial charge is 0.378 e. The molecule has 0 saturated carbocycles. The average Bonchev–Trinajstić information content (AvgIpc) is 3.08.